The van der Waals surface area contributed by atoms with Crippen LogP contribution >= 0.6 is 11.3 Å². The van der Waals surface area contributed by atoms with Gasteiger partial charge in [0.1, 0.15) is 5.75 Å². The SMILES string of the molecule is Cc1ccsc1C(=O)N1CCCC[C@H]1CCOc1cccc(CN(C)Cc2cccc3cccnc23)c1. The van der Waals surface area contributed by atoms with E-state index in [1.54, 1.807) is 11.3 Å². The lowest BCUT2D eigenvalue weighted by atomic mass is 9.99. The standard InChI is InChI=1S/C31H35N3O2S/c1-23-15-19-37-30(23)31(35)34-17-4-3-12-27(34)14-18-36-28-13-5-8-24(20-28)21-33(2)22-26-10-6-9-25-11-7-16-32-29(25)26/h5-11,13,15-16,19-20,27H,3-4,12,14,17-18,21-22H2,1-2H3/t27-/m0/s1. The zero-order valence-electron chi connectivity index (χ0n) is 21.7. The van der Waals surface area contributed by atoms with Crippen molar-refractivity contribution in [1.29, 1.82) is 0 Å². The summed E-state index contributed by atoms with van der Waals surface area (Å²) in [6.45, 7) is 5.13. The van der Waals surface area contributed by atoms with Gasteiger partial charge in [0.25, 0.3) is 5.91 Å². The van der Waals surface area contributed by atoms with Crippen LogP contribution in [-0.2, 0) is 13.1 Å². The summed E-state index contributed by atoms with van der Waals surface area (Å²) in [6.07, 6.45) is 6.02. The minimum Gasteiger partial charge on any atom is -0.494 e. The van der Waals surface area contributed by atoms with E-state index in [1.807, 2.05) is 36.7 Å². The van der Waals surface area contributed by atoms with Crippen LogP contribution in [0.2, 0.25) is 0 Å². The van der Waals surface area contributed by atoms with Crippen LogP contribution in [0.1, 0.15) is 52.0 Å². The first kappa shape index (κ1) is 25.4. The summed E-state index contributed by atoms with van der Waals surface area (Å²) in [6, 6.07) is 21.1. The molecule has 1 saturated heterocycles. The average Bonchev–Trinajstić information content (AvgIpc) is 3.35. The second kappa shape index (κ2) is 11.9. The molecule has 0 unspecified atom stereocenters. The normalized spacial score (nSPS) is 15.9. The van der Waals surface area contributed by atoms with Crippen LogP contribution in [0, 0.1) is 6.92 Å². The Morgan fingerprint density at radius 3 is 2.84 bits per heavy atom. The topological polar surface area (TPSA) is 45.7 Å². The molecule has 0 aliphatic carbocycles. The van der Waals surface area contributed by atoms with Crippen LogP contribution in [0.25, 0.3) is 10.9 Å². The van der Waals surface area contributed by atoms with Crippen molar-refractivity contribution in [2.24, 2.45) is 0 Å². The Kier molecular flexibility index (Phi) is 8.17. The number of hydrogen-bond acceptors (Lipinski definition) is 5. The number of likely N-dealkylation sites (tertiary alicyclic amines) is 1. The highest BCUT2D eigenvalue weighted by Crippen LogP contribution is 2.26. The van der Waals surface area contributed by atoms with Crippen molar-refractivity contribution in [2.75, 3.05) is 20.2 Å². The molecule has 0 spiro atoms. The van der Waals surface area contributed by atoms with Gasteiger partial charge in [0.05, 0.1) is 17.0 Å². The number of amides is 1. The van der Waals surface area contributed by atoms with E-state index < -0.39 is 0 Å². The van der Waals surface area contributed by atoms with Crippen molar-refractivity contribution in [3.05, 3.63) is 93.8 Å². The van der Waals surface area contributed by atoms with Crippen LogP contribution in [0.5, 0.6) is 5.75 Å². The van der Waals surface area contributed by atoms with E-state index in [4.69, 9.17) is 4.74 Å². The molecule has 0 saturated carbocycles. The third kappa shape index (κ3) is 6.20. The molecule has 6 heteroatoms. The number of carbonyl (C=O) groups is 1. The monoisotopic (exact) mass is 513 g/mol. The van der Waals surface area contributed by atoms with Gasteiger partial charge in [-0.2, -0.15) is 0 Å². The highest BCUT2D eigenvalue weighted by Gasteiger charge is 2.28. The average molecular weight is 514 g/mol. The Hall–Kier alpha value is -3.22. The summed E-state index contributed by atoms with van der Waals surface area (Å²) in [4.78, 5) is 23.0. The Balaban J connectivity index is 1.16. The maximum Gasteiger partial charge on any atom is 0.264 e. The molecule has 1 atom stereocenters. The summed E-state index contributed by atoms with van der Waals surface area (Å²) >= 11 is 1.55. The first-order valence-electron chi connectivity index (χ1n) is 13.2. The van der Waals surface area contributed by atoms with Gasteiger partial charge in [-0.25, -0.2) is 0 Å². The molecular weight excluding hydrogens is 478 g/mol. The smallest absolute Gasteiger partial charge is 0.264 e. The zero-order valence-corrected chi connectivity index (χ0v) is 22.5. The van der Waals surface area contributed by atoms with Gasteiger partial charge in [0.15, 0.2) is 0 Å². The van der Waals surface area contributed by atoms with E-state index in [9.17, 15) is 4.79 Å². The van der Waals surface area contributed by atoms with Crippen LogP contribution < -0.4 is 4.74 Å². The van der Waals surface area contributed by atoms with Gasteiger partial charge in [0.2, 0.25) is 0 Å². The highest BCUT2D eigenvalue weighted by atomic mass is 32.1. The lowest BCUT2D eigenvalue weighted by Crippen LogP contribution is -2.44. The Labute approximate surface area is 223 Å². The number of nitrogens with zero attached hydrogens (tertiary/aromatic N) is 3. The fraction of sp³-hybridized carbons (Fsp3) is 0.355. The van der Waals surface area contributed by atoms with Crippen LogP contribution in [0.4, 0.5) is 0 Å². The maximum atomic E-state index is 13.2. The number of para-hydroxylation sites is 1. The number of hydrogen-bond donors (Lipinski definition) is 0. The fourth-order valence-electron chi connectivity index (χ4n) is 5.29. The quantitative estimate of drug-likeness (QED) is 0.250. The van der Waals surface area contributed by atoms with E-state index >= 15 is 0 Å². The number of ether oxygens (including phenoxy) is 1. The van der Waals surface area contributed by atoms with Gasteiger partial charge < -0.3 is 9.64 Å². The van der Waals surface area contributed by atoms with Crippen LogP contribution in [0.15, 0.2) is 72.2 Å². The lowest BCUT2D eigenvalue weighted by molar-refractivity contribution is 0.0585. The van der Waals surface area contributed by atoms with Crippen molar-refractivity contribution in [3.8, 4) is 5.75 Å². The van der Waals surface area contributed by atoms with Crippen LogP contribution in [0.3, 0.4) is 0 Å². The molecule has 1 aliphatic heterocycles. The Bertz CT molecular complexity index is 1350. The molecule has 5 nitrogen and oxygen atoms in total. The molecule has 5 rings (SSSR count). The Morgan fingerprint density at radius 2 is 1.97 bits per heavy atom. The summed E-state index contributed by atoms with van der Waals surface area (Å²) in [5.74, 6) is 1.07. The molecular formula is C31H35N3O2S. The number of aryl methyl sites for hydroxylation is 1. The van der Waals surface area contributed by atoms with Crippen molar-refractivity contribution >= 4 is 28.1 Å². The number of rotatable bonds is 9. The molecule has 192 valence electrons. The molecule has 4 aromatic rings. The van der Waals surface area contributed by atoms with E-state index in [0.717, 1.165) is 60.6 Å². The summed E-state index contributed by atoms with van der Waals surface area (Å²) in [5, 5.41) is 3.18. The second-order valence-corrected chi connectivity index (χ2v) is 10.9. The van der Waals surface area contributed by atoms with Gasteiger partial charge in [-0.05, 0) is 79.6 Å². The summed E-state index contributed by atoms with van der Waals surface area (Å²) < 4.78 is 6.19. The lowest BCUT2D eigenvalue weighted by Gasteiger charge is -2.35. The molecule has 1 amide bonds. The molecule has 37 heavy (non-hydrogen) atoms. The molecule has 2 aromatic heterocycles. The van der Waals surface area contributed by atoms with E-state index in [0.29, 0.717) is 6.61 Å². The molecule has 1 fully saturated rings. The van der Waals surface area contributed by atoms with E-state index in [2.05, 4.69) is 64.3 Å². The largest absolute Gasteiger partial charge is 0.494 e. The number of aromatic nitrogens is 1. The van der Waals surface area contributed by atoms with Crippen molar-refractivity contribution in [1.82, 2.24) is 14.8 Å². The predicted octanol–water partition coefficient (Wildman–Crippen LogP) is 6.70. The summed E-state index contributed by atoms with van der Waals surface area (Å²) in [7, 11) is 2.14. The van der Waals surface area contributed by atoms with E-state index in [-0.39, 0.29) is 11.9 Å². The third-order valence-electron chi connectivity index (χ3n) is 7.17. The number of thiophene rings is 1. The number of carbonyl (C=O) groups excluding carboxylic acids is 1. The van der Waals surface area contributed by atoms with Crippen molar-refractivity contribution in [2.45, 2.75) is 51.7 Å². The molecule has 2 aromatic carbocycles. The van der Waals surface area contributed by atoms with E-state index in [1.165, 1.54) is 22.9 Å². The van der Waals surface area contributed by atoms with Crippen LogP contribution in [-0.4, -0.2) is 46.9 Å². The van der Waals surface area contributed by atoms with Gasteiger partial charge in [-0.3, -0.25) is 14.7 Å². The van der Waals surface area contributed by atoms with Gasteiger partial charge in [-0.15, -0.1) is 11.3 Å². The number of pyridine rings is 1. The fourth-order valence-corrected chi connectivity index (χ4v) is 6.17. The molecule has 0 radical (unpaired) electrons. The number of fused-ring (bicyclic) bond motifs is 1. The van der Waals surface area contributed by atoms with Gasteiger partial charge in [0, 0.05) is 43.7 Å². The third-order valence-corrected chi connectivity index (χ3v) is 8.18. The maximum absolute atomic E-state index is 13.2. The molecule has 0 N–H and O–H groups in total. The molecule has 3 heterocycles. The second-order valence-electron chi connectivity index (χ2n) is 10.0. The minimum absolute atomic E-state index is 0.184. The van der Waals surface area contributed by atoms with Crippen molar-refractivity contribution in [3.63, 3.8) is 0 Å². The number of benzene rings is 2. The highest BCUT2D eigenvalue weighted by molar-refractivity contribution is 7.12. The first-order valence-corrected chi connectivity index (χ1v) is 14.0. The minimum atomic E-state index is 0.184. The number of piperidine rings is 1. The molecule has 1 aliphatic rings. The van der Waals surface area contributed by atoms with Gasteiger partial charge in [-0.1, -0.05) is 36.4 Å². The summed E-state index contributed by atoms with van der Waals surface area (Å²) in [5.41, 5.74) is 4.60. The first-order chi connectivity index (χ1) is 18.1. The predicted molar refractivity (Wildman–Crippen MR) is 151 cm³/mol. The molecule has 0 bridgehead atoms. The Morgan fingerprint density at radius 1 is 1.11 bits per heavy atom. The van der Waals surface area contributed by atoms with Crippen molar-refractivity contribution < 1.29 is 9.53 Å². The zero-order chi connectivity index (χ0) is 25.6. The van der Waals surface area contributed by atoms with Gasteiger partial charge >= 0.3 is 0 Å².